The van der Waals surface area contributed by atoms with E-state index < -0.39 is 0 Å². The zero-order valence-corrected chi connectivity index (χ0v) is 15.8. The molecule has 0 radical (unpaired) electrons. The molecule has 7 heteroatoms. The number of nitrogens with zero attached hydrogens (tertiary/aromatic N) is 4. The third-order valence-electron chi connectivity index (χ3n) is 5.26. The summed E-state index contributed by atoms with van der Waals surface area (Å²) in [7, 11) is 3.80. The summed E-state index contributed by atoms with van der Waals surface area (Å²) in [4.78, 5) is 24.8. The Hall–Kier alpha value is -2.64. The molecule has 2 aromatic heterocycles. The van der Waals surface area contributed by atoms with Gasteiger partial charge < -0.3 is 19.2 Å². The van der Waals surface area contributed by atoms with E-state index in [9.17, 15) is 4.79 Å². The smallest absolute Gasteiger partial charge is 0.259 e. The van der Waals surface area contributed by atoms with E-state index in [1.165, 1.54) is 0 Å². The Morgan fingerprint density at radius 1 is 1.15 bits per heavy atom. The molecule has 0 atom stereocenters. The van der Waals surface area contributed by atoms with Gasteiger partial charge in [0.2, 0.25) is 0 Å². The number of likely N-dealkylation sites (N-methyl/N-ethyl adjacent to an activating group) is 1. The molecule has 3 aromatic rings. The number of piperazine rings is 1. The van der Waals surface area contributed by atoms with Crippen molar-refractivity contribution in [1.82, 2.24) is 24.3 Å². The van der Waals surface area contributed by atoms with E-state index in [0.717, 1.165) is 55.9 Å². The largest absolute Gasteiger partial charge is 0.497 e. The number of hydrogen-bond acceptors (Lipinski definition) is 5. The van der Waals surface area contributed by atoms with Crippen LogP contribution in [0.1, 0.15) is 0 Å². The molecule has 0 bridgehead atoms. The normalized spacial score (nSPS) is 16.1. The minimum absolute atomic E-state index is 0.125. The molecule has 0 amide bonds. The van der Waals surface area contributed by atoms with Gasteiger partial charge in [-0.15, -0.1) is 0 Å². The fourth-order valence-electron chi connectivity index (χ4n) is 3.53. The lowest BCUT2D eigenvalue weighted by Gasteiger charge is -2.32. The average molecular weight is 367 g/mol. The lowest BCUT2D eigenvalue weighted by molar-refractivity contribution is 0.150. The van der Waals surface area contributed by atoms with Crippen LogP contribution in [0.2, 0.25) is 0 Å². The second-order valence-electron chi connectivity index (χ2n) is 7.05. The van der Waals surface area contributed by atoms with E-state index in [0.29, 0.717) is 11.4 Å². The molecular weight excluding hydrogens is 342 g/mol. The van der Waals surface area contributed by atoms with Crippen molar-refractivity contribution in [2.45, 2.75) is 6.54 Å². The minimum Gasteiger partial charge on any atom is -0.497 e. The van der Waals surface area contributed by atoms with Crippen molar-refractivity contribution in [3.05, 3.63) is 47.0 Å². The summed E-state index contributed by atoms with van der Waals surface area (Å²) in [5.41, 5.74) is 1.25. The Balaban J connectivity index is 1.59. The van der Waals surface area contributed by atoms with E-state index in [4.69, 9.17) is 4.74 Å². The second-order valence-corrected chi connectivity index (χ2v) is 7.05. The molecule has 4 rings (SSSR count). The van der Waals surface area contributed by atoms with Gasteiger partial charge in [0.05, 0.1) is 12.7 Å². The van der Waals surface area contributed by atoms with Crippen molar-refractivity contribution in [1.29, 1.82) is 0 Å². The van der Waals surface area contributed by atoms with Crippen molar-refractivity contribution in [2.24, 2.45) is 0 Å². The van der Waals surface area contributed by atoms with Gasteiger partial charge in [-0.1, -0.05) is 0 Å². The molecule has 7 nitrogen and oxygen atoms in total. The highest BCUT2D eigenvalue weighted by atomic mass is 16.5. The van der Waals surface area contributed by atoms with Crippen molar-refractivity contribution >= 4 is 10.9 Å². The summed E-state index contributed by atoms with van der Waals surface area (Å²) >= 11 is 0. The number of aromatic nitrogens is 3. The SMILES string of the molecule is COc1ccc2[nH]c(=O)c(-c3nccn3CCN3CCN(C)CC3)cc2c1. The van der Waals surface area contributed by atoms with Crippen molar-refractivity contribution in [3.8, 4) is 17.1 Å². The summed E-state index contributed by atoms with van der Waals surface area (Å²) in [5.74, 6) is 1.47. The van der Waals surface area contributed by atoms with Crippen LogP contribution in [0.5, 0.6) is 5.75 Å². The zero-order chi connectivity index (χ0) is 18.8. The maximum atomic E-state index is 12.6. The highest BCUT2D eigenvalue weighted by Crippen LogP contribution is 2.22. The lowest BCUT2D eigenvalue weighted by Crippen LogP contribution is -2.45. The number of nitrogens with one attached hydrogen (secondary N) is 1. The summed E-state index contributed by atoms with van der Waals surface area (Å²) in [6.45, 7) is 6.13. The van der Waals surface area contributed by atoms with Gasteiger partial charge in [-0.2, -0.15) is 0 Å². The van der Waals surface area contributed by atoms with Gasteiger partial charge >= 0.3 is 0 Å². The maximum absolute atomic E-state index is 12.6. The summed E-state index contributed by atoms with van der Waals surface area (Å²) in [6.07, 6.45) is 3.70. The van der Waals surface area contributed by atoms with Gasteiger partial charge in [0, 0.05) is 62.6 Å². The van der Waals surface area contributed by atoms with E-state index in [1.807, 2.05) is 30.5 Å². The van der Waals surface area contributed by atoms with Crippen LogP contribution in [0.3, 0.4) is 0 Å². The number of aromatic amines is 1. The topological polar surface area (TPSA) is 66.4 Å². The van der Waals surface area contributed by atoms with Crippen LogP contribution < -0.4 is 10.3 Å². The van der Waals surface area contributed by atoms with Crippen LogP contribution in [-0.2, 0) is 6.54 Å². The number of methoxy groups -OCH3 is 1. The summed E-state index contributed by atoms with van der Waals surface area (Å²) in [6, 6.07) is 7.52. The Kier molecular flexibility index (Phi) is 4.96. The van der Waals surface area contributed by atoms with E-state index in [2.05, 4.69) is 31.4 Å². The number of H-pyrrole nitrogens is 1. The Labute approximate surface area is 158 Å². The molecule has 1 fully saturated rings. The molecule has 0 unspecified atom stereocenters. The Morgan fingerprint density at radius 3 is 2.74 bits per heavy atom. The number of pyridine rings is 1. The first kappa shape index (κ1) is 17.8. The van der Waals surface area contributed by atoms with E-state index in [1.54, 1.807) is 13.3 Å². The first-order valence-corrected chi connectivity index (χ1v) is 9.27. The third kappa shape index (κ3) is 3.74. The predicted octanol–water partition coefficient (Wildman–Crippen LogP) is 1.65. The molecule has 1 N–H and O–H groups in total. The van der Waals surface area contributed by atoms with Crippen LogP contribution in [0, 0.1) is 0 Å². The first-order chi connectivity index (χ1) is 13.1. The van der Waals surface area contributed by atoms with Gasteiger partial charge in [-0.05, 0) is 31.3 Å². The number of imidazole rings is 1. The standard InChI is InChI=1S/C20H25N5O2/c1-23-7-9-24(10-8-23)11-12-25-6-5-21-19(25)17-14-15-13-16(27-2)3-4-18(15)22-20(17)26/h3-6,13-14H,7-12H2,1-2H3,(H,22,26). The number of hydrogen-bond donors (Lipinski definition) is 1. The third-order valence-corrected chi connectivity index (χ3v) is 5.26. The van der Waals surface area contributed by atoms with Crippen LogP contribution in [-0.4, -0.2) is 71.2 Å². The second kappa shape index (κ2) is 7.54. The molecule has 1 aliphatic heterocycles. The van der Waals surface area contributed by atoms with Gasteiger partial charge in [0.1, 0.15) is 11.6 Å². The lowest BCUT2D eigenvalue weighted by atomic mass is 10.1. The molecule has 1 aromatic carbocycles. The molecule has 0 spiro atoms. The number of rotatable bonds is 5. The average Bonchev–Trinajstić information content (AvgIpc) is 3.15. The molecular formula is C20H25N5O2. The van der Waals surface area contributed by atoms with Crippen LogP contribution >= 0.6 is 0 Å². The fraction of sp³-hybridized carbons (Fsp3) is 0.400. The molecule has 142 valence electrons. The zero-order valence-electron chi connectivity index (χ0n) is 15.8. The van der Waals surface area contributed by atoms with Gasteiger partial charge in [-0.3, -0.25) is 9.69 Å². The van der Waals surface area contributed by atoms with E-state index in [-0.39, 0.29) is 5.56 Å². The quantitative estimate of drug-likeness (QED) is 0.743. The number of ether oxygens (including phenoxy) is 1. The van der Waals surface area contributed by atoms with Crippen molar-refractivity contribution in [3.63, 3.8) is 0 Å². The highest BCUT2D eigenvalue weighted by molar-refractivity contribution is 5.83. The Bertz CT molecular complexity index is 985. The van der Waals surface area contributed by atoms with Gasteiger partial charge in [-0.25, -0.2) is 4.98 Å². The molecule has 1 aliphatic rings. The maximum Gasteiger partial charge on any atom is 0.259 e. The number of benzene rings is 1. The molecule has 1 saturated heterocycles. The minimum atomic E-state index is -0.125. The molecule has 27 heavy (non-hydrogen) atoms. The van der Waals surface area contributed by atoms with E-state index >= 15 is 0 Å². The molecule has 0 saturated carbocycles. The van der Waals surface area contributed by atoms with Crippen LogP contribution in [0.15, 0.2) is 41.5 Å². The monoisotopic (exact) mass is 367 g/mol. The highest BCUT2D eigenvalue weighted by Gasteiger charge is 2.16. The van der Waals surface area contributed by atoms with Gasteiger partial charge in [0.15, 0.2) is 0 Å². The summed E-state index contributed by atoms with van der Waals surface area (Å²) < 4.78 is 7.36. The predicted molar refractivity (Wildman–Crippen MR) is 106 cm³/mol. The Morgan fingerprint density at radius 2 is 1.96 bits per heavy atom. The fourth-order valence-corrected chi connectivity index (χ4v) is 3.53. The molecule has 0 aliphatic carbocycles. The first-order valence-electron chi connectivity index (χ1n) is 9.27. The van der Waals surface area contributed by atoms with Crippen molar-refractivity contribution < 1.29 is 4.74 Å². The number of fused-ring (bicyclic) bond motifs is 1. The van der Waals surface area contributed by atoms with Crippen molar-refractivity contribution in [2.75, 3.05) is 46.9 Å². The van der Waals surface area contributed by atoms with Crippen LogP contribution in [0.4, 0.5) is 0 Å². The molecule has 3 heterocycles. The summed E-state index contributed by atoms with van der Waals surface area (Å²) in [5, 5.41) is 0.928. The van der Waals surface area contributed by atoms with Gasteiger partial charge in [0.25, 0.3) is 5.56 Å². The van der Waals surface area contributed by atoms with Crippen LogP contribution in [0.25, 0.3) is 22.3 Å².